The molecule has 0 saturated heterocycles. The summed E-state index contributed by atoms with van der Waals surface area (Å²) in [5.41, 5.74) is 0. The summed E-state index contributed by atoms with van der Waals surface area (Å²) in [4.78, 5) is -0.00921. The predicted molar refractivity (Wildman–Crippen MR) is 64.9 cm³/mol. The molecule has 0 heterocycles. The van der Waals surface area contributed by atoms with E-state index in [1.54, 1.807) is 0 Å². The Bertz CT molecular complexity index is 487. The van der Waals surface area contributed by atoms with Crippen molar-refractivity contribution in [1.82, 2.24) is 4.72 Å². The Labute approximate surface area is 105 Å². The quantitative estimate of drug-likeness (QED) is 0.843. The summed E-state index contributed by atoms with van der Waals surface area (Å²) >= 11 is 5.74. The molecule has 1 atom stereocenters. The Balaban J connectivity index is 3.06. The second-order valence-electron chi connectivity index (χ2n) is 3.50. The molecule has 0 bridgehead atoms. The molecule has 1 rings (SSSR count). The van der Waals surface area contributed by atoms with Crippen molar-refractivity contribution in [2.24, 2.45) is 0 Å². The second kappa shape index (κ2) is 5.68. The molecule has 1 unspecified atom stereocenters. The molecule has 0 fully saturated rings. The Morgan fingerprint density at radius 3 is 2.71 bits per heavy atom. The summed E-state index contributed by atoms with van der Waals surface area (Å²) in [7, 11) is -2.35. The third-order valence-electron chi connectivity index (χ3n) is 1.98. The highest BCUT2D eigenvalue weighted by Gasteiger charge is 2.19. The molecule has 1 aromatic rings. The third kappa shape index (κ3) is 3.85. The van der Waals surface area contributed by atoms with Gasteiger partial charge in [0.1, 0.15) is 10.6 Å². The number of aliphatic hydroxyl groups excluding tert-OH is 1. The first-order valence-electron chi connectivity index (χ1n) is 4.88. The lowest BCUT2D eigenvalue weighted by atomic mass is 10.3. The molecule has 0 amide bonds. The van der Waals surface area contributed by atoms with Crippen molar-refractivity contribution < 1.29 is 18.3 Å². The largest absolute Gasteiger partial charge is 0.495 e. The van der Waals surface area contributed by atoms with E-state index in [1.807, 2.05) is 0 Å². The minimum atomic E-state index is -3.71. The number of ether oxygens (including phenoxy) is 1. The van der Waals surface area contributed by atoms with Crippen molar-refractivity contribution in [2.45, 2.75) is 17.9 Å². The zero-order valence-electron chi connectivity index (χ0n) is 9.47. The van der Waals surface area contributed by atoms with Gasteiger partial charge in [0.05, 0.1) is 13.2 Å². The number of hydrogen-bond donors (Lipinski definition) is 2. The zero-order valence-corrected chi connectivity index (χ0v) is 11.0. The molecule has 0 saturated carbocycles. The summed E-state index contributed by atoms with van der Waals surface area (Å²) in [5.74, 6) is 0.163. The first kappa shape index (κ1) is 14.2. The van der Waals surface area contributed by atoms with E-state index in [-0.39, 0.29) is 17.2 Å². The molecule has 0 aliphatic carbocycles. The summed E-state index contributed by atoms with van der Waals surface area (Å²) in [5, 5.41) is 9.44. The van der Waals surface area contributed by atoms with Crippen molar-refractivity contribution in [2.75, 3.05) is 13.7 Å². The van der Waals surface area contributed by atoms with Crippen molar-refractivity contribution in [3.8, 4) is 5.75 Å². The Morgan fingerprint density at radius 2 is 2.18 bits per heavy atom. The van der Waals surface area contributed by atoms with Crippen LogP contribution in [0, 0.1) is 0 Å². The van der Waals surface area contributed by atoms with E-state index >= 15 is 0 Å². The van der Waals surface area contributed by atoms with E-state index in [1.165, 1.54) is 32.2 Å². The van der Waals surface area contributed by atoms with Gasteiger partial charge in [0.2, 0.25) is 10.0 Å². The highest BCUT2D eigenvalue weighted by atomic mass is 35.5. The minimum absolute atomic E-state index is 0.00921. The van der Waals surface area contributed by atoms with Gasteiger partial charge in [-0.3, -0.25) is 0 Å². The molecule has 2 N–H and O–H groups in total. The van der Waals surface area contributed by atoms with Gasteiger partial charge in [0.25, 0.3) is 0 Å². The van der Waals surface area contributed by atoms with Gasteiger partial charge in [-0.1, -0.05) is 11.6 Å². The van der Waals surface area contributed by atoms with Gasteiger partial charge in [0, 0.05) is 17.6 Å². The average molecular weight is 280 g/mol. The van der Waals surface area contributed by atoms with Crippen LogP contribution in [-0.2, 0) is 10.0 Å². The SMILES string of the molecule is COc1cc(Cl)ccc1S(=O)(=O)NCC(C)O. The van der Waals surface area contributed by atoms with Crippen LogP contribution in [0.4, 0.5) is 0 Å². The van der Waals surface area contributed by atoms with Crippen LogP contribution in [0.5, 0.6) is 5.75 Å². The van der Waals surface area contributed by atoms with E-state index in [0.717, 1.165) is 0 Å². The zero-order chi connectivity index (χ0) is 13.1. The van der Waals surface area contributed by atoms with E-state index in [2.05, 4.69) is 4.72 Å². The van der Waals surface area contributed by atoms with Gasteiger partial charge >= 0.3 is 0 Å². The molecule has 0 aliphatic rings. The molecule has 17 heavy (non-hydrogen) atoms. The van der Waals surface area contributed by atoms with Crippen LogP contribution in [-0.4, -0.2) is 33.3 Å². The number of halogens is 1. The summed E-state index contributed by atoms with van der Waals surface area (Å²) in [6.07, 6.45) is -0.761. The van der Waals surface area contributed by atoms with Crippen molar-refractivity contribution in [3.05, 3.63) is 23.2 Å². The fraction of sp³-hybridized carbons (Fsp3) is 0.400. The third-order valence-corrected chi connectivity index (χ3v) is 3.68. The van der Waals surface area contributed by atoms with Gasteiger partial charge in [-0.2, -0.15) is 0 Å². The Kier molecular flexibility index (Phi) is 4.76. The number of methoxy groups -OCH3 is 1. The highest BCUT2D eigenvalue weighted by molar-refractivity contribution is 7.89. The molecule has 96 valence electrons. The maximum absolute atomic E-state index is 11.9. The van der Waals surface area contributed by atoms with E-state index in [4.69, 9.17) is 21.4 Å². The van der Waals surface area contributed by atoms with Crippen LogP contribution in [0.15, 0.2) is 23.1 Å². The molecule has 5 nitrogen and oxygen atoms in total. The first-order valence-corrected chi connectivity index (χ1v) is 6.74. The number of nitrogens with one attached hydrogen (secondary N) is 1. The molecule has 7 heteroatoms. The normalized spacial score (nSPS) is 13.4. The monoisotopic (exact) mass is 279 g/mol. The lowest BCUT2D eigenvalue weighted by Gasteiger charge is -2.11. The van der Waals surface area contributed by atoms with Gasteiger partial charge < -0.3 is 9.84 Å². The number of benzene rings is 1. The smallest absolute Gasteiger partial charge is 0.244 e. The van der Waals surface area contributed by atoms with Gasteiger partial charge in [-0.25, -0.2) is 13.1 Å². The first-order chi connectivity index (χ1) is 7.86. The summed E-state index contributed by atoms with van der Waals surface area (Å²) in [6.45, 7) is 1.43. The Morgan fingerprint density at radius 1 is 1.53 bits per heavy atom. The van der Waals surface area contributed by atoms with Crippen LogP contribution < -0.4 is 9.46 Å². The fourth-order valence-corrected chi connectivity index (χ4v) is 2.60. The van der Waals surface area contributed by atoms with Crippen LogP contribution in [0.2, 0.25) is 5.02 Å². The Hall–Kier alpha value is -0.820. The lowest BCUT2D eigenvalue weighted by molar-refractivity contribution is 0.198. The van der Waals surface area contributed by atoms with Crippen molar-refractivity contribution >= 4 is 21.6 Å². The van der Waals surface area contributed by atoms with E-state index in [9.17, 15) is 8.42 Å². The predicted octanol–water partition coefficient (Wildman–Crippen LogP) is 1.01. The molecule has 0 radical (unpaired) electrons. The van der Waals surface area contributed by atoms with Crippen LogP contribution in [0.1, 0.15) is 6.92 Å². The van der Waals surface area contributed by atoms with Gasteiger partial charge in [-0.05, 0) is 19.1 Å². The highest BCUT2D eigenvalue weighted by Crippen LogP contribution is 2.26. The number of hydrogen-bond acceptors (Lipinski definition) is 4. The van der Waals surface area contributed by atoms with Crippen LogP contribution >= 0.6 is 11.6 Å². The van der Waals surface area contributed by atoms with Crippen LogP contribution in [0.25, 0.3) is 0 Å². The second-order valence-corrected chi connectivity index (χ2v) is 5.67. The van der Waals surface area contributed by atoms with Gasteiger partial charge in [0.15, 0.2) is 0 Å². The van der Waals surface area contributed by atoms with Crippen molar-refractivity contribution in [3.63, 3.8) is 0 Å². The fourth-order valence-electron chi connectivity index (χ4n) is 1.17. The molecule has 0 aliphatic heterocycles. The van der Waals surface area contributed by atoms with Gasteiger partial charge in [-0.15, -0.1) is 0 Å². The summed E-state index contributed by atoms with van der Waals surface area (Å²) < 4.78 is 31.0. The van der Waals surface area contributed by atoms with Crippen molar-refractivity contribution in [1.29, 1.82) is 0 Å². The minimum Gasteiger partial charge on any atom is -0.495 e. The molecular weight excluding hydrogens is 266 g/mol. The maximum Gasteiger partial charge on any atom is 0.244 e. The molecular formula is C10H14ClNO4S. The topological polar surface area (TPSA) is 75.6 Å². The van der Waals surface area contributed by atoms with E-state index < -0.39 is 16.1 Å². The summed E-state index contributed by atoms with van der Waals surface area (Å²) in [6, 6.07) is 4.23. The molecule has 0 aromatic heterocycles. The number of sulfonamides is 1. The van der Waals surface area contributed by atoms with E-state index in [0.29, 0.717) is 5.02 Å². The average Bonchev–Trinajstić information content (AvgIpc) is 2.26. The number of aliphatic hydroxyl groups is 1. The molecule has 0 spiro atoms. The standard InChI is InChI=1S/C10H14ClNO4S/c1-7(13)6-12-17(14,15)10-4-3-8(11)5-9(10)16-2/h3-5,7,12-13H,6H2,1-2H3. The van der Waals surface area contributed by atoms with Crippen LogP contribution in [0.3, 0.4) is 0 Å². The lowest BCUT2D eigenvalue weighted by Crippen LogP contribution is -2.30. The number of rotatable bonds is 5. The maximum atomic E-state index is 11.9. The molecule has 1 aromatic carbocycles.